The Labute approximate surface area is 149 Å². The minimum absolute atomic E-state index is 0.307. The second kappa shape index (κ2) is 7.28. The summed E-state index contributed by atoms with van der Waals surface area (Å²) in [5, 5.41) is 8.05. The van der Waals surface area contributed by atoms with E-state index in [1.807, 2.05) is 0 Å². The van der Waals surface area contributed by atoms with Crippen molar-refractivity contribution in [2.45, 2.75) is 25.9 Å². The highest BCUT2D eigenvalue weighted by Crippen LogP contribution is 2.31. The molecule has 0 amide bonds. The van der Waals surface area contributed by atoms with Gasteiger partial charge in [-0.25, -0.2) is 0 Å². The Morgan fingerprint density at radius 2 is 1.88 bits per heavy atom. The van der Waals surface area contributed by atoms with E-state index in [1.165, 1.54) is 22.5 Å². The molecule has 0 aliphatic carbocycles. The van der Waals surface area contributed by atoms with Gasteiger partial charge in [0.2, 0.25) is 0 Å². The maximum atomic E-state index is 4.56. The summed E-state index contributed by atoms with van der Waals surface area (Å²) in [6.45, 7) is 6.22. The molecule has 1 saturated heterocycles. The quantitative estimate of drug-likeness (QED) is 0.881. The molecule has 0 saturated carbocycles. The lowest BCUT2D eigenvalue weighted by molar-refractivity contribution is 0.451. The number of benzene rings is 2. The molecule has 2 unspecified atom stereocenters. The molecule has 0 bridgehead atoms. The average Bonchev–Trinajstić information content (AvgIpc) is 3.11. The number of nitrogens with zero attached hydrogens (tertiary/aromatic N) is 2. The fourth-order valence-corrected chi connectivity index (χ4v) is 3.86. The van der Waals surface area contributed by atoms with Crippen molar-refractivity contribution in [1.29, 1.82) is 0 Å². The van der Waals surface area contributed by atoms with E-state index >= 15 is 0 Å². The molecule has 25 heavy (non-hydrogen) atoms. The molecule has 2 aromatic carbocycles. The van der Waals surface area contributed by atoms with E-state index in [0.29, 0.717) is 12.0 Å². The van der Waals surface area contributed by atoms with Crippen LogP contribution < -0.4 is 15.6 Å². The van der Waals surface area contributed by atoms with Crippen LogP contribution in [0.5, 0.6) is 0 Å². The minimum atomic E-state index is 0.307. The molecular formula is C21H26N4. The van der Waals surface area contributed by atoms with Gasteiger partial charge in [0, 0.05) is 49.9 Å². The largest absolute Gasteiger partial charge is 0.367 e. The third-order valence-electron chi connectivity index (χ3n) is 5.32. The SMILES string of the molecule is CCN(Cc1ccccc1)c1ccc(C2NN=C3CCNCC32)cc1. The van der Waals surface area contributed by atoms with E-state index in [-0.39, 0.29) is 0 Å². The zero-order valence-corrected chi connectivity index (χ0v) is 14.8. The number of anilines is 1. The second-order valence-corrected chi connectivity index (χ2v) is 6.86. The number of nitrogens with one attached hydrogen (secondary N) is 2. The average molecular weight is 334 g/mol. The van der Waals surface area contributed by atoms with Crippen LogP contribution in [-0.4, -0.2) is 25.3 Å². The van der Waals surface area contributed by atoms with Crippen LogP contribution in [-0.2, 0) is 6.54 Å². The first-order valence-corrected chi connectivity index (χ1v) is 9.26. The van der Waals surface area contributed by atoms with Gasteiger partial charge in [0.25, 0.3) is 0 Å². The third-order valence-corrected chi connectivity index (χ3v) is 5.32. The molecule has 130 valence electrons. The van der Waals surface area contributed by atoms with Crippen LogP contribution in [0, 0.1) is 5.92 Å². The van der Waals surface area contributed by atoms with Gasteiger partial charge in [-0.15, -0.1) is 0 Å². The summed E-state index contributed by atoms with van der Waals surface area (Å²) >= 11 is 0. The fraction of sp³-hybridized carbons (Fsp3) is 0.381. The number of rotatable bonds is 5. The van der Waals surface area contributed by atoms with Crippen LogP contribution in [0.4, 0.5) is 5.69 Å². The normalized spacial score (nSPS) is 22.0. The molecule has 0 aromatic heterocycles. The summed E-state index contributed by atoms with van der Waals surface area (Å²) in [5.74, 6) is 0.492. The van der Waals surface area contributed by atoms with Crippen LogP contribution in [0.1, 0.15) is 30.5 Å². The standard InChI is InChI=1S/C21H26N4/c1-2-25(15-16-6-4-3-5-7-16)18-10-8-17(9-11-18)21-19-14-22-13-12-20(19)23-24-21/h3-11,19,21-22,24H,2,12-15H2,1H3. The van der Waals surface area contributed by atoms with E-state index < -0.39 is 0 Å². The molecule has 0 spiro atoms. The summed E-state index contributed by atoms with van der Waals surface area (Å²) in [4.78, 5) is 2.41. The smallest absolute Gasteiger partial charge is 0.0782 e. The fourth-order valence-electron chi connectivity index (χ4n) is 3.86. The molecule has 2 heterocycles. The molecule has 2 aliphatic rings. The zero-order chi connectivity index (χ0) is 17.1. The molecule has 0 radical (unpaired) electrons. The van der Waals surface area contributed by atoms with Gasteiger partial charge in [0.15, 0.2) is 0 Å². The topological polar surface area (TPSA) is 39.7 Å². The van der Waals surface area contributed by atoms with Gasteiger partial charge >= 0.3 is 0 Å². The Kier molecular flexibility index (Phi) is 4.70. The molecule has 4 nitrogen and oxygen atoms in total. The number of hydrazone groups is 1. The van der Waals surface area contributed by atoms with Crippen molar-refractivity contribution in [3.63, 3.8) is 0 Å². The molecule has 1 fully saturated rings. The van der Waals surface area contributed by atoms with Gasteiger partial charge in [-0.05, 0) is 30.2 Å². The highest BCUT2D eigenvalue weighted by molar-refractivity contribution is 5.89. The van der Waals surface area contributed by atoms with Crippen molar-refractivity contribution >= 4 is 11.4 Å². The first kappa shape index (κ1) is 16.2. The van der Waals surface area contributed by atoms with Crippen molar-refractivity contribution in [2.24, 2.45) is 11.0 Å². The molecule has 2 aromatic rings. The zero-order valence-electron chi connectivity index (χ0n) is 14.8. The number of piperidine rings is 1. The van der Waals surface area contributed by atoms with Crippen LogP contribution in [0.25, 0.3) is 0 Å². The molecule has 4 heteroatoms. The van der Waals surface area contributed by atoms with E-state index in [9.17, 15) is 0 Å². The number of hydrogen-bond acceptors (Lipinski definition) is 4. The first-order chi connectivity index (χ1) is 12.3. The highest BCUT2D eigenvalue weighted by atomic mass is 15.3. The van der Waals surface area contributed by atoms with Gasteiger partial charge in [-0.3, -0.25) is 0 Å². The van der Waals surface area contributed by atoms with Crippen LogP contribution in [0.15, 0.2) is 59.7 Å². The van der Waals surface area contributed by atoms with Gasteiger partial charge < -0.3 is 15.6 Å². The van der Waals surface area contributed by atoms with Gasteiger partial charge in [-0.2, -0.15) is 5.10 Å². The maximum Gasteiger partial charge on any atom is 0.0782 e. The molecule has 2 N–H and O–H groups in total. The first-order valence-electron chi connectivity index (χ1n) is 9.26. The molecular weight excluding hydrogens is 308 g/mol. The molecule has 2 atom stereocenters. The van der Waals surface area contributed by atoms with Crippen molar-refractivity contribution in [3.05, 3.63) is 65.7 Å². The van der Waals surface area contributed by atoms with Crippen molar-refractivity contribution in [1.82, 2.24) is 10.7 Å². The lowest BCUT2D eigenvalue weighted by Crippen LogP contribution is -2.38. The van der Waals surface area contributed by atoms with E-state index in [2.05, 4.69) is 82.3 Å². The Hall–Kier alpha value is -2.33. The lowest BCUT2D eigenvalue weighted by atomic mass is 9.87. The lowest BCUT2D eigenvalue weighted by Gasteiger charge is -2.26. The van der Waals surface area contributed by atoms with Crippen LogP contribution in [0.2, 0.25) is 0 Å². The third kappa shape index (κ3) is 3.40. The second-order valence-electron chi connectivity index (χ2n) is 6.86. The maximum absolute atomic E-state index is 4.56. The van der Waals surface area contributed by atoms with Gasteiger partial charge in [0.1, 0.15) is 0 Å². The highest BCUT2D eigenvalue weighted by Gasteiger charge is 2.34. The number of fused-ring (bicyclic) bond motifs is 1. The summed E-state index contributed by atoms with van der Waals surface area (Å²) in [7, 11) is 0. The van der Waals surface area contributed by atoms with E-state index in [4.69, 9.17) is 0 Å². The van der Waals surface area contributed by atoms with E-state index in [0.717, 1.165) is 32.6 Å². The Morgan fingerprint density at radius 3 is 2.64 bits per heavy atom. The van der Waals surface area contributed by atoms with Gasteiger partial charge in [-0.1, -0.05) is 42.5 Å². The van der Waals surface area contributed by atoms with Crippen molar-refractivity contribution in [3.8, 4) is 0 Å². The predicted octanol–water partition coefficient (Wildman–Crippen LogP) is 3.32. The number of hydrogen-bond donors (Lipinski definition) is 2. The Balaban J connectivity index is 1.48. The Bertz CT molecular complexity index is 723. The predicted molar refractivity (Wildman–Crippen MR) is 104 cm³/mol. The van der Waals surface area contributed by atoms with Crippen LogP contribution in [0.3, 0.4) is 0 Å². The molecule has 4 rings (SSSR count). The molecule has 2 aliphatic heterocycles. The van der Waals surface area contributed by atoms with Gasteiger partial charge in [0.05, 0.1) is 6.04 Å². The summed E-state index contributed by atoms with van der Waals surface area (Å²) in [5.41, 5.74) is 8.62. The Morgan fingerprint density at radius 1 is 1.08 bits per heavy atom. The summed E-state index contributed by atoms with van der Waals surface area (Å²) < 4.78 is 0. The van der Waals surface area contributed by atoms with Crippen molar-refractivity contribution < 1.29 is 0 Å². The monoisotopic (exact) mass is 334 g/mol. The summed E-state index contributed by atoms with van der Waals surface area (Å²) in [6, 6.07) is 20.0. The van der Waals surface area contributed by atoms with Crippen LogP contribution >= 0.6 is 0 Å². The summed E-state index contributed by atoms with van der Waals surface area (Å²) in [6.07, 6.45) is 1.06. The van der Waals surface area contributed by atoms with E-state index in [1.54, 1.807) is 0 Å². The van der Waals surface area contributed by atoms with Crippen molar-refractivity contribution in [2.75, 3.05) is 24.5 Å². The minimum Gasteiger partial charge on any atom is -0.367 e.